The van der Waals surface area contributed by atoms with Gasteiger partial charge in [0, 0.05) is 19.3 Å². The van der Waals surface area contributed by atoms with E-state index >= 15 is 0 Å². The number of esters is 3. The second-order valence-corrected chi connectivity index (χ2v) is 18.1. The third-order valence-electron chi connectivity index (χ3n) is 12.0. The molecular weight excluding hydrogens is 723 g/mol. The van der Waals surface area contributed by atoms with Crippen molar-refractivity contribution in [2.24, 2.45) is 11.8 Å². The van der Waals surface area contributed by atoms with Crippen LogP contribution in [0.15, 0.2) is 0 Å². The lowest BCUT2D eigenvalue weighted by molar-refractivity contribution is -0.150. The van der Waals surface area contributed by atoms with E-state index in [4.69, 9.17) is 14.2 Å². The lowest BCUT2D eigenvalue weighted by atomic mass is 9.91. The maximum atomic E-state index is 12.7. The van der Waals surface area contributed by atoms with Crippen LogP contribution in [0.25, 0.3) is 0 Å². The van der Waals surface area contributed by atoms with E-state index in [-0.39, 0.29) is 24.0 Å². The molecule has 0 fully saturated rings. The van der Waals surface area contributed by atoms with E-state index in [1.807, 2.05) is 14.1 Å². The summed E-state index contributed by atoms with van der Waals surface area (Å²) in [6, 6.07) is 0. The van der Waals surface area contributed by atoms with Gasteiger partial charge >= 0.3 is 17.9 Å². The number of nitrogens with zero attached hydrogens (tertiary/aromatic N) is 1. The largest absolute Gasteiger partial charge is 0.466 e. The number of hydrogen-bond donors (Lipinski definition) is 0. The Morgan fingerprint density at radius 2 is 0.707 bits per heavy atom. The van der Waals surface area contributed by atoms with Crippen LogP contribution < -0.4 is 0 Å². The zero-order chi connectivity index (χ0) is 42.7. The van der Waals surface area contributed by atoms with E-state index in [0.29, 0.717) is 32.5 Å². The van der Waals surface area contributed by atoms with Gasteiger partial charge in [0.1, 0.15) is 6.10 Å². The molecule has 0 bridgehead atoms. The van der Waals surface area contributed by atoms with Crippen molar-refractivity contribution in [1.82, 2.24) is 4.90 Å². The summed E-state index contributed by atoms with van der Waals surface area (Å²) in [6.45, 7) is 11.1. The van der Waals surface area contributed by atoms with Crippen LogP contribution in [0, 0.1) is 11.8 Å². The van der Waals surface area contributed by atoms with E-state index in [2.05, 4.69) is 32.6 Å². The first-order valence-corrected chi connectivity index (χ1v) is 25.4. The molecule has 7 nitrogen and oxygen atoms in total. The highest BCUT2D eigenvalue weighted by Gasteiger charge is 2.15. The van der Waals surface area contributed by atoms with Crippen LogP contribution in [-0.4, -0.2) is 62.8 Å². The van der Waals surface area contributed by atoms with Gasteiger partial charge in [-0.3, -0.25) is 14.4 Å². The summed E-state index contributed by atoms with van der Waals surface area (Å²) in [5, 5.41) is 0. The predicted molar refractivity (Wildman–Crippen MR) is 246 cm³/mol. The Morgan fingerprint density at radius 1 is 0.379 bits per heavy atom. The molecule has 0 aromatic carbocycles. The predicted octanol–water partition coefficient (Wildman–Crippen LogP) is 14.9. The van der Waals surface area contributed by atoms with E-state index in [1.54, 1.807) is 0 Å². The van der Waals surface area contributed by atoms with Crippen LogP contribution >= 0.6 is 0 Å². The fraction of sp³-hybridized carbons (Fsp3) is 0.941. The van der Waals surface area contributed by atoms with Gasteiger partial charge in [-0.25, -0.2) is 0 Å². The maximum absolute atomic E-state index is 12.7. The second kappa shape index (κ2) is 43.5. The van der Waals surface area contributed by atoms with Gasteiger partial charge in [0.05, 0.1) is 13.2 Å². The third kappa shape index (κ3) is 39.8. The van der Waals surface area contributed by atoms with Crippen molar-refractivity contribution >= 4 is 17.9 Å². The highest BCUT2D eigenvalue weighted by atomic mass is 16.5. The molecule has 0 heterocycles. The Bertz CT molecular complexity index is 831. The van der Waals surface area contributed by atoms with Gasteiger partial charge in [-0.15, -0.1) is 0 Å². The number of ether oxygens (including phenoxy) is 3. The zero-order valence-electron chi connectivity index (χ0n) is 39.7. The fourth-order valence-electron chi connectivity index (χ4n) is 8.25. The summed E-state index contributed by atoms with van der Waals surface area (Å²) in [6.07, 6.45) is 39.8. The lowest BCUT2D eigenvalue weighted by Crippen LogP contribution is -2.20. The molecule has 0 aromatic rings. The summed E-state index contributed by atoms with van der Waals surface area (Å²) in [7, 11) is 4.06. The minimum Gasteiger partial charge on any atom is -0.466 e. The van der Waals surface area contributed by atoms with E-state index in [0.717, 1.165) is 115 Å². The normalized spacial score (nSPS) is 11.7. The average Bonchev–Trinajstić information content (AvgIpc) is 3.19. The topological polar surface area (TPSA) is 82.1 Å². The standard InChI is InChI=1S/C51H99NO6/c1-7-11-21-32-46(33-22-12-8-2)36-30-44-56-49(53)40-27-19-15-17-25-38-48(58-51(55)42-29-43-52(5)6)39-26-18-16-20-28-41-50(54)57-45-31-37-47(34-23-13-9-3)35-24-14-10-4/h46-48H,7-45H2,1-6H3. The average molecular weight is 822 g/mol. The maximum Gasteiger partial charge on any atom is 0.306 e. The molecule has 0 aliphatic carbocycles. The van der Waals surface area contributed by atoms with Crippen LogP contribution in [-0.2, 0) is 28.6 Å². The van der Waals surface area contributed by atoms with E-state index in [1.165, 1.54) is 116 Å². The smallest absolute Gasteiger partial charge is 0.306 e. The molecule has 0 amide bonds. The number of carbonyl (C=O) groups is 3. The van der Waals surface area contributed by atoms with Crippen LogP contribution in [0.1, 0.15) is 259 Å². The third-order valence-corrected chi connectivity index (χ3v) is 12.0. The van der Waals surface area contributed by atoms with Gasteiger partial charge in [-0.05, 0) is 103 Å². The van der Waals surface area contributed by atoms with Crippen molar-refractivity contribution in [2.75, 3.05) is 33.9 Å². The van der Waals surface area contributed by atoms with E-state index in [9.17, 15) is 14.4 Å². The van der Waals surface area contributed by atoms with Crippen molar-refractivity contribution in [3.8, 4) is 0 Å². The molecule has 0 atom stereocenters. The summed E-state index contributed by atoms with van der Waals surface area (Å²) in [4.78, 5) is 39.5. The lowest BCUT2D eigenvalue weighted by Gasteiger charge is -2.18. The van der Waals surface area contributed by atoms with Crippen LogP contribution in [0.2, 0.25) is 0 Å². The molecule has 0 N–H and O–H groups in total. The Hall–Kier alpha value is -1.63. The molecule has 0 saturated heterocycles. The minimum atomic E-state index is -0.0733. The number of rotatable bonds is 45. The van der Waals surface area contributed by atoms with E-state index < -0.39 is 0 Å². The van der Waals surface area contributed by atoms with Gasteiger partial charge in [0.2, 0.25) is 0 Å². The van der Waals surface area contributed by atoms with Crippen molar-refractivity contribution in [2.45, 2.75) is 265 Å². The van der Waals surface area contributed by atoms with Gasteiger partial charge < -0.3 is 19.1 Å². The number of hydrogen-bond acceptors (Lipinski definition) is 7. The Balaban J connectivity index is 4.29. The first-order chi connectivity index (χ1) is 28.2. The van der Waals surface area contributed by atoms with Crippen LogP contribution in [0.5, 0.6) is 0 Å². The quantitative estimate of drug-likeness (QED) is 0.0344. The highest BCUT2D eigenvalue weighted by molar-refractivity contribution is 5.70. The zero-order valence-corrected chi connectivity index (χ0v) is 39.7. The SMILES string of the molecule is CCCCCC(CCCCC)CCCOC(=O)CCCCCCCC(CCCCCCCC(=O)OCCCC(CCCCC)CCCCC)OC(=O)CCCN(C)C. The summed E-state index contributed by atoms with van der Waals surface area (Å²) >= 11 is 0. The van der Waals surface area contributed by atoms with Crippen molar-refractivity contribution < 1.29 is 28.6 Å². The second-order valence-electron chi connectivity index (χ2n) is 18.1. The number of carbonyl (C=O) groups excluding carboxylic acids is 3. The van der Waals surface area contributed by atoms with Crippen LogP contribution in [0.3, 0.4) is 0 Å². The summed E-state index contributed by atoms with van der Waals surface area (Å²) in [5.74, 6) is 1.42. The summed E-state index contributed by atoms with van der Waals surface area (Å²) < 4.78 is 17.2. The van der Waals surface area contributed by atoms with Crippen molar-refractivity contribution in [1.29, 1.82) is 0 Å². The van der Waals surface area contributed by atoms with Gasteiger partial charge in [0.15, 0.2) is 0 Å². The number of unbranched alkanes of at least 4 members (excludes halogenated alkanes) is 16. The first-order valence-electron chi connectivity index (χ1n) is 25.4. The molecule has 0 unspecified atom stereocenters. The molecule has 0 rings (SSSR count). The fourth-order valence-corrected chi connectivity index (χ4v) is 8.25. The molecular formula is C51H99NO6. The van der Waals surface area contributed by atoms with Crippen LogP contribution in [0.4, 0.5) is 0 Å². The summed E-state index contributed by atoms with van der Waals surface area (Å²) in [5.41, 5.74) is 0. The highest BCUT2D eigenvalue weighted by Crippen LogP contribution is 2.24. The van der Waals surface area contributed by atoms with Gasteiger partial charge in [-0.2, -0.15) is 0 Å². The minimum absolute atomic E-state index is 0.0208. The molecule has 0 aliphatic rings. The Labute approximate surface area is 361 Å². The molecule has 7 heteroatoms. The Morgan fingerprint density at radius 3 is 1.09 bits per heavy atom. The van der Waals surface area contributed by atoms with Gasteiger partial charge in [0.25, 0.3) is 0 Å². The molecule has 0 spiro atoms. The molecule has 0 saturated carbocycles. The Kier molecular flexibility index (Phi) is 42.2. The van der Waals surface area contributed by atoms with Crippen molar-refractivity contribution in [3.05, 3.63) is 0 Å². The monoisotopic (exact) mass is 822 g/mol. The molecule has 344 valence electrons. The molecule has 0 radical (unpaired) electrons. The molecule has 58 heavy (non-hydrogen) atoms. The molecule has 0 aromatic heterocycles. The molecule has 0 aliphatic heterocycles. The first kappa shape index (κ1) is 56.4. The van der Waals surface area contributed by atoms with Crippen molar-refractivity contribution in [3.63, 3.8) is 0 Å². The van der Waals surface area contributed by atoms with Gasteiger partial charge in [-0.1, -0.05) is 169 Å².